The Kier molecular flexibility index (Phi) is 4.58. The normalized spacial score (nSPS) is 12.3. The maximum absolute atomic E-state index is 12.5. The average Bonchev–Trinajstić information content (AvgIpc) is 3.18. The first-order chi connectivity index (χ1) is 11.1. The molecule has 0 N–H and O–H groups in total. The van der Waals surface area contributed by atoms with E-state index in [2.05, 4.69) is 10.2 Å². The number of nitrogens with zero attached hydrogens (tertiary/aromatic N) is 2. The molecule has 0 aliphatic rings. The number of hydrogen-bond acceptors (Lipinski definition) is 6. The Morgan fingerprint density at radius 2 is 2.00 bits per heavy atom. The summed E-state index contributed by atoms with van der Waals surface area (Å²) in [6.07, 6.45) is 0. The highest BCUT2D eigenvalue weighted by molar-refractivity contribution is 7.84. The second-order valence-electron chi connectivity index (χ2n) is 5.10. The lowest BCUT2D eigenvalue weighted by Crippen LogP contribution is -1.99. The van der Waals surface area contributed by atoms with Gasteiger partial charge < -0.3 is 9.15 Å². The third-order valence-electron chi connectivity index (χ3n) is 3.36. The summed E-state index contributed by atoms with van der Waals surface area (Å²) in [7, 11) is 0.274. The van der Waals surface area contributed by atoms with Crippen LogP contribution >= 0.6 is 11.3 Å². The molecular weight excluding hydrogens is 332 g/mol. The number of ether oxygens (including phenoxy) is 1. The lowest BCUT2D eigenvalue weighted by molar-refractivity contribution is 0.408. The van der Waals surface area contributed by atoms with Gasteiger partial charge in [-0.05, 0) is 42.0 Å². The Labute approximate surface area is 140 Å². The molecule has 2 heterocycles. The molecule has 3 aromatic rings. The van der Waals surface area contributed by atoms with E-state index in [1.54, 1.807) is 7.11 Å². The topological polar surface area (TPSA) is 65.2 Å². The van der Waals surface area contributed by atoms with Crippen LogP contribution in [0.2, 0.25) is 0 Å². The molecule has 3 rings (SSSR count). The second kappa shape index (κ2) is 6.64. The summed E-state index contributed by atoms with van der Waals surface area (Å²) in [6, 6.07) is 7.74. The van der Waals surface area contributed by atoms with Crippen LogP contribution < -0.4 is 4.74 Å². The van der Waals surface area contributed by atoms with Crippen molar-refractivity contribution in [2.75, 3.05) is 7.11 Å². The van der Waals surface area contributed by atoms with E-state index < -0.39 is 10.8 Å². The number of methoxy groups -OCH3 is 1. The van der Waals surface area contributed by atoms with Crippen molar-refractivity contribution in [1.29, 1.82) is 0 Å². The lowest BCUT2D eigenvalue weighted by atomic mass is 10.1. The first-order valence-corrected chi connectivity index (χ1v) is 9.18. The van der Waals surface area contributed by atoms with E-state index in [0.29, 0.717) is 11.6 Å². The zero-order valence-corrected chi connectivity index (χ0v) is 14.7. The molecule has 0 amide bonds. The van der Waals surface area contributed by atoms with E-state index in [4.69, 9.17) is 9.15 Å². The van der Waals surface area contributed by atoms with Crippen LogP contribution in [0.4, 0.5) is 0 Å². The molecule has 120 valence electrons. The van der Waals surface area contributed by atoms with Gasteiger partial charge >= 0.3 is 5.22 Å². The van der Waals surface area contributed by atoms with Gasteiger partial charge in [-0.3, -0.25) is 0 Å². The van der Waals surface area contributed by atoms with E-state index in [9.17, 15) is 4.21 Å². The minimum Gasteiger partial charge on any atom is -0.496 e. The van der Waals surface area contributed by atoms with E-state index in [1.807, 2.05) is 43.5 Å². The van der Waals surface area contributed by atoms with Crippen molar-refractivity contribution in [3.05, 3.63) is 46.3 Å². The molecule has 5 nitrogen and oxygen atoms in total. The number of aromatic nitrogens is 2. The standard InChI is InChI=1S/C16H16N2O3S2/c1-10-7-12(8-11(2)14(10)20-3)9-23(19)16-18-17-15(21-16)13-5-4-6-22-13/h4-8H,9H2,1-3H3. The SMILES string of the molecule is COc1c(C)cc(CS(=O)c2nnc(-c3cccs3)o2)cc1C. The Morgan fingerprint density at radius 3 is 2.61 bits per heavy atom. The number of aryl methyl sites for hydroxylation is 2. The molecule has 0 radical (unpaired) electrons. The van der Waals surface area contributed by atoms with Gasteiger partial charge in [-0.2, -0.15) is 0 Å². The summed E-state index contributed by atoms with van der Waals surface area (Å²) in [6.45, 7) is 3.94. The highest BCUT2D eigenvalue weighted by Gasteiger charge is 2.16. The summed E-state index contributed by atoms with van der Waals surface area (Å²) >= 11 is 1.50. The fourth-order valence-corrected chi connectivity index (χ4v) is 4.00. The molecule has 1 atom stereocenters. The lowest BCUT2D eigenvalue weighted by Gasteiger charge is -2.10. The van der Waals surface area contributed by atoms with Crippen LogP contribution in [-0.2, 0) is 16.6 Å². The van der Waals surface area contributed by atoms with E-state index in [-0.39, 0.29) is 5.22 Å². The van der Waals surface area contributed by atoms with Crippen molar-refractivity contribution in [3.8, 4) is 16.5 Å². The van der Waals surface area contributed by atoms with Gasteiger partial charge in [0.1, 0.15) is 16.5 Å². The molecular formula is C16H16N2O3S2. The number of hydrogen-bond donors (Lipinski definition) is 0. The van der Waals surface area contributed by atoms with Crippen molar-refractivity contribution >= 4 is 22.1 Å². The summed E-state index contributed by atoms with van der Waals surface area (Å²) in [4.78, 5) is 0.872. The Balaban J connectivity index is 1.80. The van der Waals surface area contributed by atoms with Crippen LogP contribution in [0.25, 0.3) is 10.8 Å². The van der Waals surface area contributed by atoms with Crippen LogP contribution in [0.15, 0.2) is 39.3 Å². The smallest absolute Gasteiger partial charge is 0.308 e. The highest BCUT2D eigenvalue weighted by atomic mass is 32.2. The van der Waals surface area contributed by atoms with Crippen molar-refractivity contribution < 1.29 is 13.4 Å². The Hall–Kier alpha value is -1.99. The predicted molar refractivity (Wildman–Crippen MR) is 90.2 cm³/mol. The van der Waals surface area contributed by atoms with Crippen molar-refractivity contribution in [3.63, 3.8) is 0 Å². The molecule has 2 aromatic heterocycles. The summed E-state index contributed by atoms with van der Waals surface area (Å²) in [5.74, 6) is 1.60. The molecule has 0 saturated heterocycles. The molecule has 0 spiro atoms. The summed E-state index contributed by atoms with van der Waals surface area (Å²) in [5.41, 5.74) is 2.99. The molecule has 0 bridgehead atoms. The first kappa shape index (κ1) is 15.9. The van der Waals surface area contributed by atoms with Crippen molar-refractivity contribution in [1.82, 2.24) is 10.2 Å². The van der Waals surface area contributed by atoms with Gasteiger partial charge in [0, 0.05) is 0 Å². The third kappa shape index (κ3) is 3.35. The van der Waals surface area contributed by atoms with Gasteiger partial charge in [0.05, 0.1) is 17.7 Å². The third-order valence-corrected chi connectivity index (χ3v) is 5.36. The molecule has 1 unspecified atom stereocenters. The van der Waals surface area contributed by atoms with E-state index in [0.717, 1.165) is 27.3 Å². The van der Waals surface area contributed by atoms with E-state index in [1.165, 1.54) is 11.3 Å². The van der Waals surface area contributed by atoms with Crippen LogP contribution in [0.3, 0.4) is 0 Å². The largest absolute Gasteiger partial charge is 0.496 e. The fourth-order valence-electron chi connectivity index (χ4n) is 2.46. The van der Waals surface area contributed by atoms with Crippen LogP contribution in [0, 0.1) is 13.8 Å². The zero-order chi connectivity index (χ0) is 16.4. The molecule has 1 aromatic carbocycles. The van der Waals surface area contributed by atoms with Gasteiger partial charge in [0.25, 0.3) is 5.89 Å². The maximum Gasteiger partial charge on any atom is 0.308 e. The Bertz CT molecular complexity index is 818. The monoisotopic (exact) mass is 348 g/mol. The fraction of sp³-hybridized carbons (Fsp3) is 0.250. The van der Waals surface area contributed by atoms with E-state index >= 15 is 0 Å². The van der Waals surface area contributed by atoms with Crippen LogP contribution in [0.5, 0.6) is 5.75 Å². The van der Waals surface area contributed by atoms with Gasteiger partial charge in [0.2, 0.25) is 0 Å². The Morgan fingerprint density at radius 1 is 1.26 bits per heavy atom. The second-order valence-corrected chi connectivity index (χ2v) is 7.38. The molecule has 0 fully saturated rings. The minimum atomic E-state index is -1.38. The number of thiophene rings is 1. The molecule has 0 saturated carbocycles. The zero-order valence-electron chi connectivity index (χ0n) is 13.0. The van der Waals surface area contributed by atoms with Crippen molar-refractivity contribution in [2.24, 2.45) is 0 Å². The summed E-state index contributed by atoms with van der Waals surface area (Å²) < 4.78 is 23.3. The van der Waals surface area contributed by atoms with Gasteiger partial charge in [0.15, 0.2) is 0 Å². The van der Waals surface area contributed by atoms with Crippen molar-refractivity contribution in [2.45, 2.75) is 24.8 Å². The highest BCUT2D eigenvalue weighted by Crippen LogP contribution is 2.27. The molecule has 0 aliphatic carbocycles. The quantitative estimate of drug-likeness (QED) is 0.703. The number of rotatable bonds is 5. The molecule has 7 heteroatoms. The van der Waals surface area contributed by atoms with Gasteiger partial charge in [-0.25, -0.2) is 4.21 Å². The predicted octanol–water partition coefficient (Wildman–Crippen LogP) is 3.73. The maximum atomic E-state index is 12.5. The number of benzene rings is 1. The summed E-state index contributed by atoms with van der Waals surface area (Å²) in [5, 5.41) is 9.96. The van der Waals surface area contributed by atoms with Crippen LogP contribution in [-0.4, -0.2) is 21.5 Å². The van der Waals surface area contributed by atoms with Gasteiger partial charge in [-0.15, -0.1) is 16.4 Å². The molecule has 23 heavy (non-hydrogen) atoms. The van der Waals surface area contributed by atoms with Crippen LogP contribution in [0.1, 0.15) is 16.7 Å². The average molecular weight is 348 g/mol. The molecule has 0 aliphatic heterocycles. The first-order valence-electron chi connectivity index (χ1n) is 6.98. The minimum absolute atomic E-state index is 0.152. The van der Waals surface area contributed by atoms with Gasteiger partial charge in [-0.1, -0.05) is 23.3 Å².